The second kappa shape index (κ2) is 9.52. The largest absolute Gasteiger partial charge is 0.354 e. The van der Waals surface area contributed by atoms with E-state index in [1.165, 1.54) is 11.1 Å². The van der Waals surface area contributed by atoms with Crippen molar-refractivity contribution in [1.82, 2.24) is 9.97 Å². The number of carbonyl (C=O) groups excluding carboxylic acids is 1. The number of amides is 1. The first kappa shape index (κ1) is 21.4. The highest BCUT2D eigenvalue weighted by Gasteiger charge is 2.28. The summed E-state index contributed by atoms with van der Waals surface area (Å²) in [5, 5.41) is 4.01. The Morgan fingerprint density at radius 3 is 2.55 bits per heavy atom. The molecule has 0 radical (unpaired) electrons. The van der Waals surface area contributed by atoms with Crippen molar-refractivity contribution < 1.29 is 4.79 Å². The fraction of sp³-hybridized carbons (Fsp3) is 0.320. The lowest BCUT2D eigenvalue weighted by atomic mass is 9.97. The van der Waals surface area contributed by atoms with Crippen molar-refractivity contribution in [3.63, 3.8) is 0 Å². The zero-order chi connectivity index (χ0) is 21.8. The molecule has 31 heavy (non-hydrogen) atoms. The standard InChI is InChI=1S/C25H28N4OS/c1-17-6-9-21(10-7-17)31-25-23(26-12-13-27-25)29-14-4-5-20(16-29)24(30)28-22-11-8-18(2)15-19(22)3/h6-13,15,20H,4-5,14,16H2,1-3H3,(H,28,30). The molecule has 1 unspecified atom stereocenters. The summed E-state index contributed by atoms with van der Waals surface area (Å²) < 4.78 is 0. The highest BCUT2D eigenvalue weighted by molar-refractivity contribution is 7.99. The van der Waals surface area contributed by atoms with E-state index in [2.05, 4.69) is 64.4 Å². The molecule has 1 aromatic heterocycles. The summed E-state index contributed by atoms with van der Waals surface area (Å²) >= 11 is 1.62. The molecule has 1 amide bonds. The van der Waals surface area contributed by atoms with Crippen LogP contribution in [0.25, 0.3) is 0 Å². The summed E-state index contributed by atoms with van der Waals surface area (Å²) in [6.07, 6.45) is 5.30. The third-order valence-electron chi connectivity index (χ3n) is 5.61. The van der Waals surface area contributed by atoms with Crippen molar-refractivity contribution >= 4 is 29.2 Å². The monoisotopic (exact) mass is 432 g/mol. The van der Waals surface area contributed by atoms with Crippen molar-refractivity contribution in [1.29, 1.82) is 0 Å². The first-order valence-electron chi connectivity index (χ1n) is 10.7. The number of piperidine rings is 1. The molecule has 1 atom stereocenters. The second-order valence-corrected chi connectivity index (χ2v) is 9.26. The topological polar surface area (TPSA) is 58.1 Å². The van der Waals surface area contributed by atoms with Crippen LogP contribution in [-0.4, -0.2) is 29.0 Å². The molecular formula is C25H28N4OS. The Labute approximate surface area is 188 Å². The lowest BCUT2D eigenvalue weighted by molar-refractivity contribution is -0.120. The molecule has 0 bridgehead atoms. The fourth-order valence-corrected chi connectivity index (χ4v) is 4.78. The molecule has 160 valence electrons. The van der Waals surface area contributed by atoms with Crippen molar-refractivity contribution in [2.75, 3.05) is 23.3 Å². The molecule has 1 N–H and O–H groups in total. The number of rotatable bonds is 5. The average molecular weight is 433 g/mol. The average Bonchev–Trinajstić information content (AvgIpc) is 2.78. The number of aryl methyl sites for hydroxylation is 3. The van der Waals surface area contributed by atoms with Gasteiger partial charge in [0.05, 0.1) is 5.92 Å². The smallest absolute Gasteiger partial charge is 0.229 e. The molecule has 1 saturated heterocycles. The summed E-state index contributed by atoms with van der Waals surface area (Å²) in [4.78, 5) is 25.6. The maximum absolute atomic E-state index is 13.0. The van der Waals surface area contributed by atoms with E-state index in [0.29, 0.717) is 6.54 Å². The van der Waals surface area contributed by atoms with E-state index in [-0.39, 0.29) is 11.8 Å². The van der Waals surface area contributed by atoms with Crippen LogP contribution in [0, 0.1) is 26.7 Å². The van der Waals surface area contributed by atoms with E-state index in [0.717, 1.165) is 46.4 Å². The van der Waals surface area contributed by atoms with Crippen LogP contribution in [0.15, 0.2) is 64.8 Å². The minimum Gasteiger partial charge on any atom is -0.354 e. The van der Waals surface area contributed by atoms with Gasteiger partial charge >= 0.3 is 0 Å². The highest BCUT2D eigenvalue weighted by atomic mass is 32.2. The zero-order valence-electron chi connectivity index (χ0n) is 18.3. The van der Waals surface area contributed by atoms with Crippen LogP contribution in [0.2, 0.25) is 0 Å². The number of carbonyl (C=O) groups is 1. The van der Waals surface area contributed by atoms with Gasteiger partial charge in [0.2, 0.25) is 5.91 Å². The van der Waals surface area contributed by atoms with Gasteiger partial charge in [0.25, 0.3) is 0 Å². The predicted molar refractivity (Wildman–Crippen MR) is 127 cm³/mol. The number of aromatic nitrogens is 2. The highest BCUT2D eigenvalue weighted by Crippen LogP contribution is 2.34. The first-order valence-corrected chi connectivity index (χ1v) is 11.5. The number of nitrogens with one attached hydrogen (secondary N) is 1. The summed E-state index contributed by atoms with van der Waals surface area (Å²) in [5.74, 6) is 0.860. The van der Waals surface area contributed by atoms with Gasteiger partial charge < -0.3 is 10.2 Å². The normalized spacial score (nSPS) is 16.2. The van der Waals surface area contributed by atoms with E-state index in [4.69, 9.17) is 0 Å². The molecule has 0 spiro atoms. The van der Waals surface area contributed by atoms with Crippen molar-refractivity contribution in [3.8, 4) is 0 Å². The van der Waals surface area contributed by atoms with Gasteiger partial charge in [-0.1, -0.05) is 47.2 Å². The molecule has 1 aliphatic heterocycles. The van der Waals surface area contributed by atoms with Gasteiger partial charge in [-0.25, -0.2) is 9.97 Å². The quantitative estimate of drug-likeness (QED) is 0.584. The third-order valence-corrected chi connectivity index (χ3v) is 6.60. The molecule has 2 aromatic carbocycles. The summed E-state index contributed by atoms with van der Waals surface area (Å²) in [7, 11) is 0. The second-order valence-electron chi connectivity index (χ2n) is 8.19. The predicted octanol–water partition coefficient (Wildman–Crippen LogP) is 5.41. The summed E-state index contributed by atoms with van der Waals surface area (Å²) in [5.41, 5.74) is 4.41. The minimum atomic E-state index is -0.0753. The Balaban J connectivity index is 1.48. The van der Waals surface area contributed by atoms with Crippen LogP contribution < -0.4 is 10.2 Å². The number of hydrogen-bond acceptors (Lipinski definition) is 5. The molecule has 0 saturated carbocycles. The third kappa shape index (κ3) is 5.25. The molecule has 2 heterocycles. The van der Waals surface area contributed by atoms with Crippen molar-refractivity contribution in [2.24, 2.45) is 5.92 Å². The molecule has 4 rings (SSSR count). The van der Waals surface area contributed by atoms with Crippen LogP contribution in [0.5, 0.6) is 0 Å². The molecule has 1 aliphatic rings. The number of nitrogens with zero attached hydrogens (tertiary/aromatic N) is 3. The number of anilines is 2. The number of hydrogen-bond donors (Lipinski definition) is 1. The van der Waals surface area contributed by atoms with Gasteiger partial charge in [0.15, 0.2) is 5.82 Å². The Bertz CT molecular complexity index is 1070. The summed E-state index contributed by atoms with van der Waals surface area (Å²) in [6.45, 7) is 7.71. The van der Waals surface area contributed by atoms with Crippen LogP contribution in [0.3, 0.4) is 0 Å². The van der Waals surface area contributed by atoms with Crippen LogP contribution in [-0.2, 0) is 4.79 Å². The van der Waals surface area contributed by atoms with Gasteiger partial charge in [-0.05, 0) is 57.4 Å². The molecule has 3 aromatic rings. The Hall–Kier alpha value is -2.86. The summed E-state index contributed by atoms with van der Waals surface area (Å²) in [6, 6.07) is 14.5. The van der Waals surface area contributed by atoms with E-state index in [9.17, 15) is 4.79 Å². The Morgan fingerprint density at radius 1 is 1.03 bits per heavy atom. The Kier molecular flexibility index (Phi) is 6.56. The fourth-order valence-electron chi connectivity index (χ4n) is 3.90. The lowest BCUT2D eigenvalue weighted by Gasteiger charge is -2.33. The maximum Gasteiger partial charge on any atom is 0.229 e. The maximum atomic E-state index is 13.0. The zero-order valence-corrected chi connectivity index (χ0v) is 19.1. The van der Waals surface area contributed by atoms with E-state index < -0.39 is 0 Å². The molecule has 5 nitrogen and oxygen atoms in total. The van der Waals surface area contributed by atoms with Gasteiger partial charge in [-0.2, -0.15) is 0 Å². The van der Waals surface area contributed by atoms with E-state index >= 15 is 0 Å². The molecule has 0 aliphatic carbocycles. The minimum absolute atomic E-state index is 0.0753. The van der Waals surface area contributed by atoms with Crippen LogP contribution >= 0.6 is 11.8 Å². The van der Waals surface area contributed by atoms with E-state index in [1.54, 1.807) is 24.2 Å². The van der Waals surface area contributed by atoms with E-state index in [1.807, 2.05) is 19.1 Å². The van der Waals surface area contributed by atoms with Crippen molar-refractivity contribution in [3.05, 3.63) is 71.5 Å². The number of benzene rings is 2. The van der Waals surface area contributed by atoms with Crippen molar-refractivity contribution in [2.45, 2.75) is 43.5 Å². The van der Waals surface area contributed by atoms with Gasteiger partial charge in [-0.3, -0.25) is 4.79 Å². The lowest BCUT2D eigenvalue weighted by Crippen LogP contribution is -2.41. The Morgan fingerprint density at radius 2 is 1.77 bits per heavy atom. The molecule has 6 heteroatoms. The van der Waals surface area contributed by atoms with Gasteiger partial charge in [0.1, 0.15) is 5.03 Å². The van der Waals surface area contributed by atoms with Crippen LogP contribution in [0.1, 0.15) is 29.5 Å². The first-order chi connectivity index (χ1) is 15.0. The molecule has 1 fully saturated rings. The SMILES string of the molecule is Cc1ccc(Sc2nccnc2N2CCCC(C(=O)Nc3ccc(C)cc3C)C2)cc1. The van der Waals surface area contributed by atoms with Gasteiger partial charge in [-0.15, -0.1) is 0 Å². The van der Waals surface area contributed by atoms with Crippen LogP contribution in [0.4, 0.5) is 11.5 Å². The molecular weight excluding hydrogens is 404 g/mol. The van der Waals surface area contributed by atoms with Gasteiger partial charge in [0, 0.05) is 36.1 Å².